The lowest BCUT2D eigenvalue weighted by molar-refractivity contribution is 0.269. The second-order valence-corrected chi connectivity index (χ2v) is 9.21. The van der Waals surface area contributed by atoms with Crippen molar-refractivity contribution >= 4 is 47.0 Å². The molecule has 4 aromatic rings. The van der Waals surface area contributed by atoms with Crippen LogP contribution >= 0.6 is 47.0 Å². The van der Waals surface area contributed by atoms with Gasteiger partial charge in [0.05, 0.1) is 40.9 Å². The number of para-hydroxylation sites is 1. The first kappa shape index (κ1) is 26.2. The van der Waals surface area contributed by atoms with Crippen LogP contribution in [0.1, 0.15) is 18.1 Å². The summed E-state index contributed by atoms with van der Waals surface area (Å²) in [5.41, 5.74) is 5.80. The first-order valence-electron chi connectivity index (χ1n) is 11.0. The molecule has 2 N–H and O–H groups in total. The molecule has 36 heavy (non-hydrogen) atoms. The number of methoxy groups -OCH3 is 1. The number of hydrogen-bond donors (Lipinski definition) is 2. The summed E-state index contributed by atoms with van der Waals surface area (Å²) < 4.78 is 19.4. The average Bonchev–Trinajstić information content (AvgIpc) is 3.24. The summed E-state index contributed by atoms with van der Waals surface area (Å²) in [6.45, 7) is 2.98. The van der Waals surface area contributed by atoms with Crippen molar-refractivity contribution in [2.45, 2.75) is 20.1 Å². The fourth-order valence-electron chi connectivity index (χ4n) is 3.54. The quantitative estimate of drug-likeness (QED) is 0.197. The molecule has 0 aliphatic carbocycles. The standard InChI is InChI=1S/C25H23Cl3N4O3S/c1-3-34-22-12-16(11-20(28)23(22)35-14-15-8-9-18(26)19(27)10-15)13-29-32-24(30-31-25(32)36)17-6-4-5-7-21(17)33-2/h4-12,29H,3,13-14H2,1-2H3,(H,31,36). The molecule has 188 valence electrons. The van der Waals surface area contributed by atoms with Gasteiger partial charge in [0.15, 0.2) is 17.3 Å². The van der Waals surface area contributed by atoms with Crippen LogP contribution in [0, 0.1) is 4.77 Å². The minimum Gasteiger partial charge on any atom is -0.496 e. The van der Waals surface area contributed by atoms with Crippen LogP contribution in [-0.2, 0) is 13.2 Å². The zero-order valence-corrected chi connectivity index (χ0v) is 22.6. The molecule has 11 heteroatoms. The van der Waals surface area contributed by atoms with Crippen molar-refractivity contribution in [3.05, 3.63) is 85.6 Å². The van der Waals surface area contributed by atoms with Crippen LogP contribution in [0.4, 0.5) is 0 Å². The van der Waals surface area contributed by atoms with Crippen molar-refractivity contribution < 1.29 is 14.2 Å². The van der Waals surface area contributed by atoms with Gasteiger partial charge in [0.2, 0.25) is 4.77 Å². The number of halogens is 3. The molecular formula is C25H23Cl3N4O3S. The van der Waals surface area contributed by atoms with E-state index in [9.17, 15) is 0 Å². The van der Waals surface area contributed by atoms with E-state index in [0.717, 1.165) is 16.7 Å². The molecule has 3 aromatic carbocycles. The topological polar surface area (TPSA) is 73.3 Å². The smallest absolute Gasteiger partial charge is 0.214 e. The third kappa shape index (κ3) is 5.90. The Balaban J connectivity index is 1.55. The summed E-state index contributed by atoms with van der Waals surface area (Å²) in [6.07, 6.45) is 0. The SMILES string of the molecule is CCOc1cc(CNn2c(-c3ccccc3OC)n[nH]c2=S)cc(Cl)c1OCc1ccc(Cl)c(Cl)c1. The molecule has 0 saturated heterocycles. The second-order valence-electron chi connectivity index (χ2n) is 7.60. The fourth-order valence-corrected chi connectivity index (χ4v) is 4.34. The van der Waals surface area contributed by atoms with Crippen molar-refractivity contribution in [1.82, 2.24) is 14.9 Å². The summed E-state index contributed by atoms with van der Waals surface area (Å²) in [6, 6.07) is 16.6. The first-order valence-corrected chi connectivity index (χ1v) is 12.5. The Bertz CT molecular complexity index is 1420. The first-order chi connectivity index (χ1) is 17.4. The van der Waals surface area contributed by atoms with E-state index in [-0.39, 0.29) is 6.61 Å². The van der Waals surface area contributed by atoms with Crippen LogP contribution in [0.2, 0.25) is 15.1 Å². The van der Waals surface area contributed by atoms with Crippen molar-refractivity contribution in [2.24, 2.45) is 0 Å². The molecule has 0 unspecified atom stereocenters. The summed E-state index contributed by atoms with van der Waals surface area (Å²) in [5.74, 6) is 2.25. The lowest BCUT2D eigenvalue weighted by Gasteiger charge is -2.17. The number of nitrogens with one attached hydrogen (secondary N) is 2. The molecule has 0 saturated carbocycles. The van der Waals surface area contributed by atoms with Gasteiger partial charge in [-0.2, -0.15) is 5.10 Å². The molecule has 0 aliphatic rings. The van der Waals surface area contributed by atoms with Gasteiger partial charge in [-0.3, -0.25) is 0 Å². The van der Waals surface area contributed by atoms with Crippen LogP contribution in [0.5, 0.6) is 17.2 Å². The Morgan fingerprint density at radius 2 is 1.72 bits per heavy atom. The number of hydrogen-bond acceptors (Lipinski definition) is 6. The summed E-state index contributed by atoms with van der Waals surface area (Å²) in [5, 5.41) is 8.55. The second kappa shape index (κ2) is 11.9. The van der Waals surface area contributed by atoms with Crippen molar-refractivity contribution in [2.75, 3.05) is 19.1 Å². The van der Waals surface area contributed by atoms with Crippen molar-refractivity contribution in [3.8, 4) is 28.6 Å². The fraction of sp³-hybridized carbons (Fsp3) is 0.200. The minimum absolute atomic E-state index is 0.251. The Morgan fingerprint density at radius 3 is 2.47 bits per heavy atom. The lowest BCUT2D eigenvalue weighted by atomic mass is 10.2. The maximum Gasteiger partial charge on any atom is 0.214 e. The third-order valence-electron chi connectivity index (χ3n) is 5.20. The summed E-state index contributed by atoms with van der Waals surface area (Å²) in [4.78, 5) is 0. The molecule has 0 fully saturated rings. The molecule has 0 radical (unpaired) electrons. The Kier molecular flexibility index (Phi) is 8.64. The number of rotatable bonds is 10. The molecule has 0 aliphatic heterocycles. The molecule has 1 heterocycles. The molecule has 0 bridgehead atoms. The van der Waals surface area contributed by atoms with E-state index in [1.54, 1.807) is 23.9 Å². The largest absolute Gasteiger partial charge is 0.496 e. The highest BCUT2D eigenvalue weighted by molar-refractivity contribution is 7.71. The molecule has 1 aromatic heterocycles. The van der Waals surface area contributed by atoms with Gasteiger partial charge in [-0.05, 0) is 66.7 Å². The number of ether oxygens (including phenoxy) is 3. The number of aromatic amines is 1. The van der Waals surface area contributed by atoms with E-state index in [1.165, 1.54) is 0 Å². The van der Waals surface area contributed by atoms with Crippen LogP contribution < -0.4 is 19.6 Å². The molecule has 0 atom stereocenters. The minimum atomic E-state index is 0.251. The lowest BCUT2D eigenvalue weighted by Crippen LogP contribution is -2.16. The van der Waals surface area contributed by atoms with Crippen LogP contribution in [0.3, 0.4) is 0 Å². The van der Waals surface area contributed by atoms with E-state index >= 15 is 0 Å². The maximum absolute atomic E-state index is 6.61. The predicted octanol–water partition coefficient (Wildman–Crippen LogP) is 7.30. The van der Waals surface area contributed by atoms with E-state index in [0.29, 0.717) is 56.1 Å². The van der Waals surface area contributed by atoms with Gasteiger partial charge in [-0.15, -0.1) is 0 Å². The average molecular weight is 566 g/mol. The zero-order valence-electron chi connectivity index (χ0n) is 19.5. The maximum atomic E-state index is 6.61. The summed E-state index contributed by atoms with van der Waals surface area (Å²) >= 11 is 24.2. The molecule has 4 rings (SSSR count). The van der Waals surface area contributed by atoms with Gasteiger partial charge in [0.25, 0.3) is 0 Å². The van der Waals surface area contributed by atoms with Crippen molar-refractivity contribution in [1.29, 1.82) is 0 Å². The predicted molar refractivity (Wildman–Crippen MR) is 146 cm³/mol. The van der Waals surface area contributed by atoms with Gasteiger partial charge < -0.3 is 19.6 Å². The Morgan fingerprint density at radius 1 is 0.944 bits per heavy atom. The molecular weight excluding hydrogens is 543 g/mol. The highest BCUT2D eigenvalue weighted by Crippen LogP contribution is 2.38. The monoisotopic (exact) mass is 564 g/mol. The van der Waals surface area contributed by atoms with Crippen molar-refractivity contribution in [3.63, 3.8) is 0 Å². The van der Waals surface area contributed by atoms with Gasteiger partial charge >= 0.3 is 0 Å². The molecule has 0 spiro atoms. The number of benzene rings is 3. The molecule has 7 nitrogen and oxygen atoms in total. The highest BCUT2D eigenvalue weighted by atomic mass is 35.5. The number of aromatic nitrogens is 3. The van der Waals surface area contributed by atoms with Crippen LogP contribution in [-0.4, -0.2) is 28.6 Å². The van der Waals surface area contributed by atoms with Gasteiger partial charge in [0, 0.05) is 0 Å². The van der Waals surface area contributed by atoms with Gasteiger partial charge in [-0.1, -0.05) is 53.0 Å². The van der Waals surface area contributed by atoms with Crippen LogP contribution in [0.25, 0.3) is 11.4 Å². The van der Waals surface area contributed by atoms with Crippen LogP contribution in [0.15, 0.2) is 54.6 Å². The number of H-pyrrole nitrogens is 1. The van der Waals surface area contributed by atoms with E-state index < -0.39 is 0 Å². The van der Waals surface area contributed by atoms with E-state index in [1.807, 2.05) is 49.4 Å². The highest BCUT2D eigenvalue weighted by Gasteiger charge is 2.16. The van der Waals surface area contributed by atoms with Gasteiger partial charge in [-0.25, -0.2) is 9.77 Å². The summed E-state index contributed by atoms with van der Waals surface area (Å²) in [7, 11) is 1.61. The normalized spacial score (nSPS) is 10.8. The molecule has 0 amide bonds. The van der Waals surface area contributed by atoms with E-state index in [2.05, 4.69) is 15.6 Å². The third-order valence-corrected chi connectivity index (χ3v) is 6.49. The Hall–Kier alpha value is -2.91. The zero-order chi connectivity index (χ0) is 25.7. The van der Waals surface area contributed by atoms with Gasteiger partial charge in [0.1, 0.15) is 12.4 Å². The number of nitrogens with zero attached hydrogens (tertiary/aromatic N) is 2. The van der Waals surface area contributed by atoms with E-state index in [4.69, 9.17) is 61.2 Å². The Labute approximate surface area is 228 Å².